The Morgan fingerprint density at radius 3 is 1.75 bits per heavy atom. The van der Waals surface area contributed by atoms with Crippen LogP contribution in [0.4, 0.5) is 11.4 Å². The molecule has 0 atom stereocenters. The molecule has 4 rings (SSSR count). The molecule has 0 aliphatic rings. The van der Waals surface area contributed by atoms with Crippen LogP contribution in [-0.2, 0) is 16.1 Å². The van der Waals surface area contributed by atoms with Crippen molar-refractivity contribution in [2.24, 2.45) is 5.41 Å². The van der Waals surface area contributed by atoms with Crippen LogP contribution in [0.25, 0.3) is 32.3 Å². The number of nitrogen functional groups attached to an aromatic ring is 2. The molecule has 0 aliphatic carbocycles. The van der Waals surface area contributed by atoms with Gasteiger partial charge in [-0.2, -0.15) is 0 Å². The van der Waals surface area contributed by atoms with Gasteiger partial charge in [-0.15, -0.1) is 0 Å². The lowest BCUT2D eigenvalue weighted by Gasteiger charge is -2.34. The molecule has 186 valence electrons. The molecule has 36 heavy (non-hydrogen) atoms. The quantitative estimate of drug-likeness (QED) is 0.138. The Hall–Kier alpha value is -4.27. The summed E-state index contributed by atoms with van der Waals surface area (Å²) < 4.78 is 6.41. The molecule has 9 nitrogen and oxygen atoms in total. The van der Waals surface area contributed by atoms with Crippen molar-refractivity contribution in [3.8, 4) is 0 Å². The first-order valence-corrected chi connectivity index (χ1v) is 11.4. The van der Waals surface area contributed by atoms with E-state index < -0.39 is 39.0 Å². The number of hydrogen-bond donors (Lipinski definition) is 2. The number of fused-ring (bicyclic) bond motifs is 3. The van der Waals surface area contributed by atoms with Crippen LogP contribution in [-0.4, -0.2) is 16.1 Å². The molecular weight excluding hydrogens is 462 g/mol. The largest absolute Gasteiger partial charge is 0.457 e. The molecule has 0 bridgehead atoms. The van der Waals surface area contributed by atoms with Crippen LogP contribution >= 0.6 is 0 Å². The second-order valence-electron chi connectivity index (χ2n) is 10.5. The first-order valence-electron chi connectivity index (χ1n) is 11.4. The molecule has 0 saturated carbocycles. The number of esters is 1. The summed E-state index contributed by atoms with van der Waals surface area (Å²) in [6.45, 7) is 10.4. The summed E-state index contributed by atoms with van der Waals surface area (Å²) in [6, 6.07) is 6.25. The number of anilines is 2. The Labute approximate surface area is 205 Å². The third kappa shape index (κ3) is 3.77. The van der Waals surface area contributed by atoms with Gasteiger partial charge in [0.1, 0.15) is 5.60 Å². The monoisotopic (exact) mass is 489 g/mol. The number of carbonyl (C=O) groups is 1. The van der Waals surface area contributed by atoms with Crippen LogP contribution in [0.3, 0.4) is 0 Å². The minimum atomic E-state index is -0.908. The number of nitrogens with two attached hydrogens (primary N) is 2. The summed E-state index contributed by atoms with van der Waals surface area (Å²) in [5, 5.41) is -0.349. The molecule has 0 radical (unpaired) electrons. The molecule has 1 heterocycles. The summed E-state index contributed by atoms with van der Waals surface area (Å²) in [7, 11) is 0. The molecule has 0 spiro atoms. The number of nitrogens with zero attached hydrogens (tertiary/aromatic N) is 1. The second-order valence-corrected chi connectivity index (χ2v) is 10.5. The Morgan fingerprint density at radius 2 is 1.33 bits per heavy atom. The fourth-order valence-electron chi connectivity index (χ4n) is 5.35. The topological polar surface area (TPSA) is 152 Å². The number of aromatic nitrogens is 1. The van der Waals surface area contributed by atoms with Gasteiger partial charge in [0, 0.05) is 23.4 Å². The third-order valence-electron chi connectivity index (χ3n) is 6.40. The Balaban J connectivity index is 1.97. The molecule has 4 aromatic rings. The molecule has 1 aromatic heterocycles. The minimum absolute atomic E-state index is 0.0416. The van der Waals surface area contributed by atoms with Gasteiger partial charge in [0.25, 0.3) is 11.1 Å². The Morgan fingerprint density at radius 1 is 0.889 bits per heavy atom. The van der Waals surface area contributed by atoms with Crippen molar-refractivity contribution in [2.75, 3.05) is 11.5 Å². The van der Waals surface area contributed by atoms with Crippen molar-refractivity contribution >= 4 is 49.7 Å². The van der Waals surface area contributed by atoms with E-state index in [2.05, 4.69) is 6.58 Å². The molecular formula is C27H27N3O6. The fraction of sp³-hybridized carbons (Fsp3) is 0.296. The van der Waals surface area contributed by atoms with Crippen LogP contribution in [0.2, 0.25) is 0 Å². The van der Waals surface area contributed by atoms with Crippen LogP contribution in [0.1, 0.15) is 34.1 Å². The van der Waals surface area contributed by atoms with Gasteiger partial charge in [-0.3, -0.25) is 23.7 Å². The molecule has 0 amide bonds. The molecule has 0 unspecified atom stereocenters. The lowest BCUT2D eigenvalue weighted by molar-refractivity contribution is -0.152. The number of hydrogen-bond acceptors (Lipinski definition) is 8. The SMILES string of the molecule is C=CC(=O)OC(C)(C)CC(C)(C)Cn1c(=O)c2c(N)c3c(=O)c4ccccc4c(=O)c3c(N)c2c1=O. The summed E-state index contributed by atoms with van der Waals surface area (Å²) >= 11 is 0. The standard InChI is InChI=1S/C27H27N3O6/c1-6-15(31)36-27(4,5)11-26(2,3)12-30-24(34)18-19(25(30)35)21(29)17-16(20(18)28)22(32)13-9-7-8-10-14(13)23(17)33/h6-10H,1,11-12,28-29H2,2-5H3. The van der Waals surface area contributed by atoms with Crippen molar-refractivity contribution in [3.63, 3.8) is 0 Å². The molecule has 0 saturated heterocycles. The highest BCUT2D eigenvalue weighted by molar-refractivity contribution is 6.20. The molecule has 0 fully saturated rings. The van der Waals surface area contributed by atoms with Crippen LogP contribution in [0, 0.1) is 5.41 Å². The highest BCUT2D eigenvalue weighted by Gasteiger charge is 2.34. The Kier molecular flexibility index (Phi) is 5.62. The normalized spacial score (nSPS) is 12.4. The van der Waals surface area contributed by atoms with E-state index in [0.29, 0.717) is 6.42 Å². The third-order valence-corrected chi connectivity index (χ3v) is 6.40. The lowest BCUT2D eigenvalue weighted by atomic mass is 9.81. The summed E-state index contributed by atoms with van der Waals surface area (Å²) in [5.74, 6) is -0.585. The van der Waals surface area contributed by atoms with Gasteiger partial charge in [0.2, 0.25) is 0 Å². The number of benzene rings is 3. The van der Waals surface area contributed by atoms with Gasteiger partial charge in [0.15, 0.2) is 10.9 Å². The molecule has 4 N–H and O–H groups in total. The maximum Gasteiger partial charge on any atom is 0.330 e. The average molecular weight is 490 g/mol. The zero-order valence-corrected chi connectivity index (χ0v) is 20.6. The average Bonchev–Trinajstić information content (AvgIpc) is 3.03. The minimum Gasteiger partial charge on any atom is -0.457 e. The number of ether oxygens (including phenoxy) is 1. The summed E-state index contributed by atoms with van der Waals surface area (Å²) in [4.78, 5) is 65.1. The summed E-state index contributed by atoms with van der Waals surface area (Å²) in [6.07, 6.45) is 1.37. The van der Waals surface area contributed by atoms with Crippen LogP contribution < -0.4 is 33.4 Å². The van der Waals surface area contributed by atoms with E-state index in [1.807, 2.05) is 13.8 Å². The molecule has 0 aliphatic heterocycles. The van der Waals surface area contributed by atoms with Crippen molar-refractivity contribution in [3.05, 3.63) is 78.1 Å². The van der Waals surface area contributed by atoms with E-state index in [0.717, 1.165) is 10.6 Å². The number of rotatable bonds is 6. The predicted molar refractivity (Wildman–Crippen MR) is 142 cm³/mol. The maximum absolute atomic E-state index is 13.4. The zero-order valence-electron chi connectivity index (χ0n) is 20.6. The predicted octanol–water partition coefficient (Wildman–Crippen LogP) is 2.35. The highest BCUT2D eigenvalue weighted by Crippen LogP contribution is 2.34. The van der Waals surface area contributed by atoms with Gasteiger partial charge in [-0.05, 0) is 25.7 Å². The smallest absolute Gasteiger partial charge is 0.330 e. The van der Waals surface area contributed by atoms with Crippen LogP contribution in [0.15, 0.2) is 56.1 Å². The van der Waals surface area contributed by atoms with E-state index in [1.54, 1.807) is 26.0 Å². The second kappa shape index (κ2) is 8.15. The number of carbonyl (C=O) groups excluding carboxylic acids is 1. The van der Waals surface area contributed by atoms with Gasteiger partial charge >= 0.3 is 5.97 Å². The highest BCUT2D eigenvalue weighted by atomic mass is 16.6. The van der Waals surface area contributed by atoms with Crippen molar-refractivity contribution < 1.29 is 9.53 Å². The maximum atomic E-state index is 13.4. The van der Waals surface area contributed by atoms with E-state index in [1.165, 1.54) is 12.1 Å². The van der Waals surface area contributed by atoms with E-state index in [4.69, 9.17) is 16.2 Å². The van der Waals surface area contributed by atoms with Crippen LogP contribution in [0.5, 0.6) is 0 Å². The van der Waals surface area contributed by atoms with Gasteiger partial charge in [0.05, 0.1) is 32.9 Å². The fourth-order valence-corrected chi connectivity index (χ4v) is 5.35. The van der Waals surface area contributed by atoms with Gasteiger partial charge in [-0.1, -0.05) is 44.7 Å². The zero-order chi connectivity index (χ0) is 26.7. The Bertz CT molecular complexity index is 1700. The molecule has 3 aromatic carbocycles. The van der Waals surface area contributed by atoms with Crippen molar-refractivity contribution in [1.29, 1.82) is 0 Å². The van der Waals surface area contributed by atoms with Crippen molar-refractivity contribution in [1.82, 2.24) is 4.57 Å². The van der Waals surface area contributed by atoms with E-state index in [9.17, 15) is 24.0 Å². The van der Waals surface area contributed by atoms with Gasteiger partial charge in [-0.25, -0.2) is 4.79 Å². The molecule has 9 heteroatoms. The lowest BCUT2D eigenvalue weighted by Crippen LogP contribution is -2.39. The first-order chi connectivity index (χ1) is 16.7. The van der Waals surface area contributed by atoms with Gasteiger partial charge < -0.3 is 16.2 Å². The summed E-state index contributed by atoms with van der Waals surface area (Å²) in [5.41, 5.74) is 8.05. The van der Waals surface area contributed by atoms with E-state index >= 15 is 0 Å². The first kappa shape index (κ1) is 24.8. The van der Waals surface area contributed by atoms with Crippen molar-refractivity contribution in [2.45, 2.75) is 46.3 Å². The van der Waals surface area contributed by atoms with E-state index in [-0.39, 0.29) is 50.2 Å².